The van der Waals surface area contributed by atoms with Gasteiger partial charge in [0.2, 0.25) is 11.9 Å². The van der Waals surface area contributed by atoms with E-state index in [1.54, 1.807) is 18.4 Å². The molecule has 2 aromatic rings. The van der Waals surface area contributed by atoms with Gasteiger partial charge in [0.15, 0.2) is 0 Å². The van der Waals surface area contributed by atoms with Gasteiger partial charge in [0.1, 0.15) is 5.01 Å². The Bertz CT molecular complexity index is 588. The molecule has 0 aliphatic heterocycles. The Morgan fingerprint density at radius 2 is 2.00 bits per heavy atom. The third-order valence-electron chi connectivity index (χ3n) is 2.63. The molecule has 0 aliphatic carbocycles. The Balaban J connectivity index is 2.14. The average Bonchev–Trinajstić information content (AvgIpc) is 2.91. The Morgan fingerprint density at radius 1 is 1.24 bits per heavy atom. The molecule has 7 nitrogen and oxygen atoms in total. The van der Waals surface area contributed by atoms with Gasteiger partial charge in [-0.3, -0.25) is 0 Å². The van der Waals surface area contributed by atoms with E-state index >= 15 is 0 Å². The van der Waals surface area contributed by atoms with E-state index in [1.165, 1.54) is 0 Å². The minimum absolute atomic E-state index is 0.0230. The zero-order valence-electron chi connectivity index (χ0n) is 12.7. The lowest BCUT2D eigenvalue weighted by atomic mass is 10.3. The molecule has 21 heavy (non-hydrogen) atoms. The largest absolute Gasteiger partial charge is 0.463 e. The number of hydrogen-bond donors (Lipinski definition) is 2. The molecule has 2 N–H and O–H groups in total. The number of anilines is 2. The van der Waals surface area contributed by atoms with Crippen LogP contribution in [0.15, 0.2) is 5.38 Å². The van der Waals surface area contributed by atoms with Crippen molar-refractivity contribution in [1.82, 2.24) is 19.9 Å². The van der Waals surface area contributed by atoms with Crippen molar-refractivity contribution >= 4 is 23.2 Å². The van der Waals surface area contributed by atoms with Crippen molar-refractivity contribution in [3.63, 3.8) is 0 Å². The van der Waals surface area contributed by atoms with Crippen molar-refractivity contribution in [2.75, 3.05) is 24.3 Å². The maximum absolute atomic E-state index is 5.47. The monoisotopic (exact) mass is 308 g/mol. The highest BCUT2D eigenvalue weighted by Crippen LogP contribution is 2.21. The molecule has 0 bridgehead atoms. The normalized spacial score (nSPS) is 12.0. The topological polar surface area (TPSA) is 84.9 Å². The van der Waals surface area contributed by atoms with Crippen LogP contribution < -0.4 is 15.4 Å². The number of hydrogen-bond acceptors (Lipinski definition) is 8. The average molecular weight is 308 g/mol. The summed E-state index contributed by atoms with van der Waals surface area (Å²) in [4.78, 5) is 17.2. The van der Waals surface area contributed by atoms with E-state index in [9.17, 15) is 0 Å². The lowest BCUT2D eigenvalue weighted by Gasteiger charge is -2.12. The van der Waals surface area contributed by atoms with E-state index in [0.29, 0.717) is 24.5 Å². The molecule has 0 radical (unpaired) electrons. The lowest BCUT2D eigenvalue weighted by Crippen LogP contribution is -2.12. The second-order valence-electron chi connectivity index (χ2n) is 4.56. The van der Waals surface area contributed by atoms with Gasteiger partial charge in [-0.1, -0.05) is 6.92 Å². The highest BCUT2D eigenvalue weighted by Gasteiger charge is 2.13. The molecule has 0 amide bonds. The molecule has 2 aromatic heterocycles. The number of rotatable bonds is 7. The fraction of sp³-hybridized carbons (Fsp3) is 0.538. The SMILES string of the molecule is CCCOc1nc(NC)nc(NC(C)c2nc(C)cs2)n1. The molecule has 0 saturated heterocycles. The predicted octanol–water partition coefficient (Wildman–Crippen LogP) is 2.64. The van der Waals surface area contributed by atoms with Crippen molar-refractivity contribution in [3.05, 3.63) is 16.1 Å². The molecular formula is C13H20N6OS. The Hall–Kier alpha value is -1.96. The van der Waals surface area contributed by atoms with Crippen LogP contribution in [0.1, 0.15) is 37.0 Å². The molecule has 1 unspecified atom stereocenters. The van der Waals surface area contributed by atoms with Gasteiger partial charge in [-0.2, -0.15) is 15.0 Å². The third-order valence-corrected chi connectivity index (χ3v) is 3.77. The van der Waals surface area contributed by atoms with Gasteiger partial charge in [0.05, 0.1) is 12.6 Å². The molecule has 114 valence electrons. The zero-order valence-corrected chi connectivity index (χ0v) is 13.5. The van der Waals surface area contributed by atoms with Gasteiger partial charge in [-0.05, 0) is 20.3 Å². The summed E-state index contributed by atoms with van der Waals surface area (Å²) in [6.07, 6.45) is 0.901. The molecule has 8 heteroatoms. The molecule has 0 aromatic carbocycles. The number of aryl methyl sites for hydroxylation is 1. The van der Waals surface area contributed by atoms with Crippen LogP contribution in [-0.2, 0) is 0 Å². The van der Waals surface area contributed by atoms with Crippen molar-refractivity contribution in [2.24, 2.45) is 0 Å². The van der Waals surface area contributed by atoms with E-state index in [0.717, 1.165) is 17.1 Å². The van der Waals surface area contributed by atoms with E-state index in [-0.39, 0.29) is 6.04 Å². The standard InChI is InChI=1S/C13H20N6OS/c1-5-6-20-13-18-11(14-4)17-12(19-13)16-9(3)10-15-8(2)7-21-10/h7,9H,5-6H2,1-4H3,(H2,14,16,17,18,19). The van der Waals surface area contributed by atoms with E-state index in [1.807, 2.05) is 26.2 Å². The first-order valence-corrected chi connectivity index (χ1v) is 7.75. The van der Waals surface area contributed by atoms with Crippen molar-refractivity contribution in [3.8, 4) is 6.01 Å². The van der Waals surface area contributed by atoms with Crippen LogP contribution >= 0.6 is 11.3 Å². The van der Waals surface area contributed by atoms with Gasteiger partial charge in [-0.25, -0.2) is 4.98 Å². The number of thiazole rings is 1. The summed E-state index contributed by atoms with van der Waals surface area (Å²) in [7, 11) is 1.76. The lowest BCUT2D eigenvalue weighted by molar-refractivity contribution is 0.292. The quantitative estimate of drug-likeness (QED) is 0.813. The summed E-state index contributed by atoms with van der Waals surface area (Å²) in [6, 6.07) is 0.344. The van der Waals surface area contributed by atoms with Crippen LogP contribution in [0.5, 0.6) is 6.01 Å². The molecule has 2 heterocycles. The summed E-state index contributed by atoms with van der Waals surface area (Å²) >= 11 is 1.61. The van der Waals surface area contributed by atoms with E-state index < -0.39 is 0 Å². The first-order chi connectivity index (χ1) is 10.1. The minimum Gasteiger partial charge on any atom is -0.463 e. The Kier molecular flexibility index (Phi) is 5.26. The van der Waals surface area contributed by atoms with Crippen molar-refractivity contribution in [2.45, 2.75) is 33.2 Å². The van der Waals surface area contributed by atoms with Gasteiger partial charge >= 0.3 is 6.01 Å². The van der Waals surface area contributed by atoms with Crippen LogP contribution in [-0.4, -0.2) is 33.6 Å². The maximum atomic E-state index is 5.47. The summed E-state index contributed by atoms with van der Waals surface area (Å²) in [5.41, 5.74) is 1.02. The molecule has 2 rings (SSSR count). The van der Waals surface area contributed by atoms with Gasteiger partial charge in [-0.15, -0.1) is 11.3 Å². The first kappa shape index (κ1) is 15.4. The fourth-order valence-electron chi connectivity index (χ4n) is 1.62. The van der Waals surface area contributed by atoms with E-state index in [4.69, 9.17) is 4.74 Å². The number of aromatic nitrogens is 4. The third kappa shape index (κ3) is 4.25. The maximum Gasteiger partial charge on any atom is 0.323 e. The summed E-state index contributed by atoms with van der Waals surface area (Å²) in [5, 5.41) is 9.15. The first-order valence-electron chi connectivity index (χ1n) is 6.87. The van der Waals surface area contributed by atoms with E-state index in [2.05, 4.69) is 30.6 Å². The van der Waals surface area contributed by atoms with Gasteiger partial charge in [0, 0.05) is 18.1 Å². The van der Waals surface area contributed by atoms with Crippen molar-refractivity contribution in [1.29, 1.82) is 0 Å². The highest BCUT2D eigenvalue weighted by atomic mass is 32.1. The Morgan fingerprint density at radius 3 is 2.62 bits per heavy atom. The molecule has 0 spiro atoms. The summed E-state index contributed by atoms with van der Waals surface area (Å²) in [5.74, 6) is 0.946. The second kappa shape index (κ2) is 7.16. The molecule has 0 aliphatic rings. The number of nitrogens with zero attached hydrogens (tertiary/aromatic N) is 4. The number of ether oxygens (including phenoxy) is 1. The minimum atomic E-state index is 0.0230. The zero-order chi connectivity index (χ0) is 15.2. The van der Waals surface area contributed by atoms with Gasteiger partial charge < -0.3 is 15.4 Å². The van der Waals surface area contributed by atoms with Crippen LogP contribution in [0.2, 0.25) is 0 Å². The highest BCUT2D eigenvalue weighted by molar-refractivity contribution is 7.09. The van der Waals surface area contributed by atoms with Crippen molar-refractivity contribution < 1.29 is 4.74 Å². The number of nitrogens with one attached hydrogen (secondary N) is 2. The molecular weight excluding hydrogens is 288 g/mol. The summed E-state index contributed by atoms with van der Waals surface area (Å²) < 4.78 is 5.47. The predicted molar refractivity (Wildman–Crippen MR) is 84.0 cm³/mol. The van der Waals surface area contributed by atoms with Crippen LogP contribution in [0.25, 0.3) is 0 Å². The Labute approximate surface area is 128 Å². The molecule has 1 atom stereocenters. The van der Waals surface area contributed by atoms with Crippen LogP contribution in [0.3, 0.4) is 0 Å². The van der Waals surface area contributed by atoms with Gasteiger partial charge in [0.25, 0.3) is 0 Å². The molecule has 0 saturated carbocycles. The smallest absolute Gasteiger partial charge is 0.323 e. The van der Waals surface area contributed by atoms with Crippen LogP contribution in [0.4, 0.5) is 11.9 Å². The summed E-state index contributed by atoms with van der Waals surface area (Å²) in [6.45, 7) is 6.61. The second-order valence-corrected chi connectivity index (χ2v) is 5.45. The molecule has 0 fully saturated rings. The van der Waals surface area contributed by atoms with Crippen LogP contribution in [0, 0.1) is 6.92 Å². The fourth-order valence-corrected chi connectivity index (χ4v) is 2.42.